The van der Waals surface area contributed by atoms with Crippen molar-refractivity contribution in [2.24, 2.45) is 0 Å². The molecule has 0 unspecified atom stereocenters. The molecule has 0 saturated heterocycles. The first-order chi connectivity index (χ1) is 9.36. The zero-order valence-electron chi connectivity index (χ0n) is 12.2. The molecule has 0 spiro atoms. The van der Waals surface area contributed by atoms with Crippen LogP contribution in [0, 0.1) is 0 Å². The number of rotatable bonds is 4. The summed E-state index contributed by atoms with van der Waals surface area (Å²) in [5, 5.41) is 0. The highest BCUT2D eigenvalue weighted by Gasteiger charge is 2.14. The average molecular weight is 252 g/mol. The van der Waals surface area contributed by atoms with Gasteiger partial charge in [-0.1, -0.05) is 55.5 Å². The van der Waals surface area contributed by atoms with Crippen molar-refractivity contribution in [3.63, 3.8) is 0 Å². The van der Waals surface area contributed by atoms with Gasteiger partial charge in [-0.05, 0) is 61.3 Å². The molecule has 0 heteroatoms. The third-order valence-corrected chi connectivity index (χ3v) is 3.73. The molecule has 0 radical (unpaired) electrons. The molecule has 2 aliphatic rings. The van der Waals surface area contributed by atoms with Crippen molar-refractivity contribution >= 4 is 0 Å². The van der Waals surface area contributed by atoms with Crippen LogP contribution < -0.4 is 0 Å². The molecule has 0 amide bonds. The van der Waals surface area contributed by atoms with Gasteiger partial charge in [0.1, 0.15) is 0 Å². The lowest BCUT2D eigenvalue weighted by molar-refractivity contribution is 0.887. The van der Waals surface area contributed by atoms with Crippen LogP contribution in [-0.4, -0.2) is 0 Å². The molecule has 2 aliphatic carbocycles. The van der Waals surface area contributed by atoms with E-state index in [2.05, 4.69) is 62.5 Å². The molecule has 2 rings (SSSR count). The van der Waals surface area contributed by atoms with E-state index in [0.29, 0.717) is 0 Å². The third-order valence-electron chi connectivity index (χ3n) is 3.73. The maximum Gasteiger partial charge on any atom is -0.0156 e. The van der Waals surface area contributed by atoms with Crippen LogP contribution in [0.5, 0.6) is 0 Å². The standard InChI is InChI=1S/C19H24/c1-3-5-11-16(4-2)18-14-9-10-15-19(18)17-12-7-6-8-13-17/h4-7,9,11-12,14H,3,8,10,13,15H2,1-2H3/b11-5-,16-4+. The largest absolute Gasteiger partial charge is 0.0842 e. The van der Waals surface area contributed by atoms with E-state index in [1.54, 1.807) is 5.57 Å². The fourth-order valence-corrected chi connectivity index (χ4v) is 2.71. The maximum atomic E-state index is 2.31. The highest BCUT2D eigenvalue weighted by molar-refractivity contribution is 5.56. The highest BCUT2D eigenvalue weighted by Crippen LogP contribution is 2.33. The average Bonchev–Trinajstić information content (AvgIpc) is 2.49. The molecular weight excluding hydrogens is 228 g/mol. The molecule has 0 aromatic carbocycles. The Balaban J connectivity index is 2.39. The summed E-state index contributed by atoms with van der Waals surface area (Å²) < 4.78 is 0. The van der Waals surface area contributed by atoms with E-state index in [0.717, 1.165) is 6.42 Å². The fraction of sp³-hybridized carbons (Fsp3) is 0.368. The smallest absolute Gasteiger partial charge is 0.0156 e. The van der Waals surface area contributed by atoms with E-state index in [1.165, 1.54) is 42.4 Å². The van der Waals surface area contributed by atoms with E-state index in [-0.39, 0.29) is 0 Å². The van der Waals surface area contributed by atoms with Gasteiger partial charge in [0.15, 0.2) is 0 Å². The molecule has 0 aromatic heterocycles. The minimum Gasteiger partial charge on any atom is -0.0842 e. The first kappa shape index (κ1) is 13.9. The first-order valence-corrected chi connectivity index (χ1v) is 7.45. The zero-order chi connectivity index (χ0) is 13.5. The third kappa shape index (κ3) is 3.47. The second-order valence-electron chi connectivity index (χ2n) is 5.05. The summed E-state index contributed by atoms with van der Waals surface area (Å²) in [7, 11) is 0. The molecule has 0 aliphatic heterocycles. The lowest BCUT2D eigenvalue weighted by Gasteiger charge is -2.21. The van der Waals surface area contributed by atoms with Crippen LogP contribution in [0.3, 0.4) is 0 Å². The Hall–Kier alpha value is -1.56. The van der Waals surface area contributed by atoms with Crippen molar-refractivity contribution in [1.82, 2.24) is 0 Å². The number of hydrogen-bond donors (Lipinski definition) is 0. The Morgan fingerprint density at radius 3 is 2.74 bits per heavy atom. The van der Waals surface area contributed by atoms with Crippen LogP contribution in [0.4, 0.5) is 0 Å². The summed E-state index contributed by atoms with van der Waals surface area (Å²) >= 11 is 0. The van der Waals surface area contributed by atoms with E-state index < -0.39 is 0 Å². The number of hydrogen-bond acceptors (Lipinski definition) is 0. The molecule has 0 atom stereocenters. The van der Waals surface area contributed by atoms with E-state index >= 15 is 0 Å². The van der Waals surface area contributed by atoms with Crippen molar-refractivity contribution in [2.75, 3.05) is 0 Å². The first-order valence-electron chi connectivity index (χ1n) is 7.45. The Morgan fingerprint density at radius 1 is 1.21 bits per heavy atom. The molecule has 0 nitrogen and oxygen atoms in total. The second kappa shape index (κ2) is 7.13. The van der Waals surface area contributed by atoms with Gasteiger partial charge < -0.3 is 0 Å². The Bertz CT molecular complexity index is 490. The van der Waals surface area contributed by atoms with Gasteiger partial charge in [-0.25, -0.2) is 0 Å². The van der Waals surface area contributed by atoms with Crippen LogP contribution in [0.1, 0.15) is 46.0 Å². The Morgan fingerprint density at radius 2 is 2.05 bits per heavy atom. The van der Waals surface area contributed by atoms with Gasteiger partial charge in [-0.2, -0.15) is 0 Å². The van der Waals surface area contributed by atoms with Gasteiger partial charge >= 0.3 is 0 Å². The Labute approximate surface area is 117 Å². The topological polar surface area (TPSA) is 0 Å². The van der Waals surface area contributed by atoms with Gasteiger partial charge in [0.25, 0.3) is 0 Å². The quantitative estimate of drug-likeness (QED) is 0.553. The zero-order valence-corrected chi connectivity index (χ0v) is 12.2. The fourth-order valence-electron chi connectivity index (χ4n) is 2.71. The van der Waals surface area contributed by atoms with Crippen LogP contribution in [0.15, 0.2) is 70.9 Å². The summed E-state index contributed by atoms with van der Waals surface area (Å²) in [6.07, 6.45) is 24.0. The van der Waals surface area contributed by atoms with Gasteiger partial charge in [0.05, 0.1) is 0 Å². The van der Waals surface area contributed by atoms with Crippen molar-refractivity contribution in [1.29, 1.82) is 0 Å². The van der Waals surface area contributed by atoms with E-state index in [9.17, 15) is 0 Å². The van der Waals surface area contributed by atoms with E-state index in [1.807, 2.05) is 0 Å². The van der Waals surface area contributed by atoms with Crippen molar-refractivity contribution < 1.29 is 0 Å². The molecule has 19 heavy (non-hydrogen) atoms. The highest BCUT2D eigenvalue weighted by atomic mass is 14.2. The van der Waals surface area contributed by atoms with Gasteiger partial charge in [0, 0.05) is 0 Å². The van der Waals surface area contributed by atoms with Crippen LogP contribution >= 0.6 is 0 Å². The summed E-state index contributed by atoms with van der Waals surface area (Å²) in [6, 6.07) is 0. The Kier molecular flexibility index (Phi) is 5.20. The van der Waals surface area contributed by atoms with Crippen molar-refractivity contribution in [3.05, 3.63) is 70.9 Å². The lowest BCUT2D eigenvalue weighted by Crippen LogP contribution is -2.02. The van der Waals surface area contributed by atoms with Gasteiger partial charge in [-0.15, -0.1) is 0 Å². The van der Waals surface area contributed by atoms with Crippen LogP contribution in [0.25, 0.3) is 0 Å². The number of allylic oxidation sites excluding steroid dienone is 12. The maximum absolute atomic E-state index is 2.31. The summed E-state index contributed by atoms with van der Waals surface area (Å²) in [5.74, 6) is 0. The minimum absolute atomic E-state index is 1.09. The molecular formula is C19H24. The van der Waals surface area contributed by atoms with Crippen molar-refractivity contribution in [3.8, 4) is 0 Å². The lowest BCUT2D eigenvalue weighted by atomic mass is 9.84. The minimum atomic E-state index is 1.09. The molecule has 0 heterocycles. The molecule has 0 fully saturated rings. The molecule has 0 N–H and O–H groups in total. The van der Waals surface area contributed by atoms with Crippen molar-refractivity contribution in [2.45, 2.75) is 46.0 Å². The van der Waals surface area contributed by atoms with Gasteiger partial charge in [-0.3, -0.25) is 0 Å². The monoisotopic (exact) mass is 252 g/mol. The molecule has 100 valence electrons. The molecule has 0 aromatic rings. The SMILES string of the molecule is C/C=C(\C=C/CC)C1=C(C2=CC=CCC2)CCC=C1. The second-order valence-corrected chi connectivity index (χ2v) is 5.05. The van der Waals surface area contributed by atoms with E-state index in [4.69, 9.17) is 0 Å². The summed E-state index contributed by atoms with van der Waals surface area (Å²) in [5.41, 5.74) is 5.88. The summed E-state index contributed by atoms with van der Waals surface area (Å²) in [6.45, 7) is 4.32. The normalized spacial score (nSPS) is 20.3. The van der Waals surface area contributed by atoms with Gasteiger partial charge in [0.2, 0.25) is 0 Å². The summed E-state index contributed by atoms with van der Waals surface area (Å²) in [4.78, 5) is 0. The molecule has 0 saturated carbocycles. The van der Waals surface area contributed by atoms with Crippen LogP contribution in [-0.2, 0) is 0 Å². The van der Waals surface area contributed by atoms with Crippen LogP contribution in [0.2, 0.25) is 0 Å². The molecule has 0 bridgehead atoms. The predicted molar refractivity (Wildman–Crippen MR) is 85.0 cm³/mol. The predicted octanol–water partition coefficient (Wildman–Crippen LogP) is 5.82.